The zero-order chi connectivity index (χ0) is 14.6. The van der Waals surface area contributed by atoms with Crippen LogP contribution in [0.25, 0.3) is 0 Å². The minimum absolute atomic E-state index is 0.154. The molecule has 0 saturated carbocycles. The molecule has 0 bridgehead atoms. The summed E-state index contributed by atoms with van der Waals surface area (Å²) in [7, 11) is -3.72. The van der Waals surface area contributed by atoms with E-state index in [0.29, 0.717) is 18.7 Å². The highest BCUT2D eigenvalue weighted by Gasteiger charge is 2.22. The fourth-order valence-corrected chi connectivity index (χ4v) is 2.96. The first kappa shape index (κ1) is 14.6. The second-order valence-electron chi connectivity index (χ2n) is 4.21. The molecular formula is C10H16N6O3S. The summed E-state index contributed by atoms with van der Waals surface area (Å²) in [5, 5.41) is 22.7. The molecule has 0 fully saturated rings. The third-order valence-electron chi connectivity index (χ3n) is 2.78. The van der Waals surface area contributed by atoms with Crippen molar-refractivity contribution in [2.24, 2.45) is 0 Å². The molecule has 0 unspecified atom stereocenters. The van der Waals surface area contributed by atoms with E-state index >= 15 is 0 Å². The molecular weight excluding hydrogens is 284 g/mol. The average molecular weight is 300 g/mol. The number of aromatic amines is 1. The van der Waals surface area contributed by atoms with Gasteiger partial charge in [0.05, 0.1) is 12.8 Å². The Morgan fingerprint density at radius 1 is 1.50 bits per heavy atom. The van der Waals surface area contributed by atoms with Crippen LogP contribution < -0.4 is 4.72 Å². The van der Waals surface area contributed by atoms with Gasteiger partial charge in [-0.2, -0.15) is 5.10 Å². The minimum atomic E-state index is -3.72. The molecule has 2 aromatic rings. The SMILES string of the molecule is Cc1[nH]nc(S(=O)(=O)NCCCn2ccnn2)c1CO. The van der Waals surface area contributed by atoms with Gasteiger partial charge in [0.2, 0.25) is 0 Å². The largest absolute Gasteiger partial charge is 0.392 e. The molecule has 0 atom stereocenters. The Hall–Kier alpha value is -1.78. The summed E-state index contributed by atoms with van der Waals surface area (Å²) >= 11 is 0. The summed E-state index contributed by atoms with van der Waals surface area (Å²) < 4.78 is 28.2. The molecule has 110 valence electrons. The Labute approximate surface area is 116 Å². The quantitative estimate of drug-likeness (QED) is 0.573. The topological polar surface area (TPSA) is 126 Å². The molecule has 3 N–H and O–H groups in total. The van der Waals surface area contributed by atoms with Gasteiger partial charge in [-0.25, -0.2) is 13.1 Å². The highest BCUT2D eigenvalue weighted by atomic mass is 32.2. The van der Waals surface area contributed by atoms with E-state index < -0.39 is 10.0 Å². The highest BCUT2D eigenvalue weighted by molar-refractivity contribution is 7.89. The maximum atomic E-state index is 12.0. The number of H-pyrrole nitrogens is 1. The Morgan fingerprint density at radius 2 is 2.30 bits per heavy atom. The number of nitrogens with one attached hydrogen (secondary N) is 2. The molecule has 0 aliphatic carbocycles. The van der Waals surface area contributed by atoms with Crippen LogP contribution in [0.5, 0.6) is 0 Å². The maximum Gasteiger partial charge on any atom is 0.260 e. The zero-order valence-corrected chi connectivity index (χ0v) is 11.8. The lowest BCUT2D eigenvalue weighted by Crippen LogP contribution is -2.27. The lowest BCUT2D eigenvalue weighted by molar-refractivity contribution is 0.277. The Bertz CT molecular complexity index is 649. The second-order valence-corrected chi connectivity index (χ2v) is 5.89. The van der Waals surface area contributed by atoms with Crippen LogP contribution in [-0.4, -0.2) is 45.3 Å². The molecule has 9 nitrogen and oxygen atoms in total. The third kappa shape index (κ3) is 3.21. The zero-order valence-electron chi connectivity index (χ0n) is 10.9. The first-order valence-electron chi connectivity index (χ1n) is 6.03. The molecule has 0 aliphatic heterocycles. The first-order valence-corrected chi connectivity index (χ1v) is 7.51. The number of sulfonamides is 1. The average Bonchev–Trinajstić information content (AvgIpc) is 3.04. The number of aliphatic hydroxyl groups excluding tert-OH is 1. The molecule has 0 saturated heterocycles. The van der Waals surface area contributed by atoms with E-state index in [-0.39, 0.29) is 23.7 Å². The Kier molecular flexibility index (Phi) is 4.47. The summed E-state index contributed by atoms with van der Waals surface area (Å²) in [6.45, 7) is 2.09. The minimum Gasteiger partial charge on any atom is -0.392 e. The second kappa shape index (κ2) is 6.11. The fraction of sp³-hybridized carbons (Fsp3) is 0.500. The van der Waals surface area contributed by atoms with Crippen LogP contribution in [-0.2, 0) is 23.2 Å². The first-order chi connectivity index (χ1) is 9.54. The normalized spacial score (nSPS) is 11.9. The van der Waals surface area contributed by atoms with E-state index in [4.69, 9.17) is 0 Å². The smallest absolute Gasteiger partial charge is 0.260 e. The Morgan fingerprint density at radius 3 is 2.95 bits per heavy atom. The van der Waals surface area contributed by atoms with Crippen molar-refractivity contribution >= 4 is 10.0 Å². The van der Waals surface area contributed by atoms with E-state index in [0.717, 1.165) is 0 Å². The van der Waals surface area contributed by atoms with Gasteiger partial charge in [-0.05, 0) is 13.3 Å². The number of hydrogen-bond donors (Lipinski definition) is 3. The molecule has 2 rings (SSSR count). The molecule has 2 aromatic heterocycles. The molecule has 0 aromatic carbocycles. The molecule has 10 heteroatoms. The van der Waals surface area contributed by atoms with Gasteiger partial charge in [-0.1, -0.05) is 5.21 Å². The van der Waals surface area contributed by atoms with E-state index in [1.54, 1.807) is 24.0 Å². The number of hydrogen-bond acceptors (Lipinski definition) is 6. The van der Waals surface area contributed by atoms with Crippen LogP contribution in [0, 0.1) is 6.92 Å². The van der Waals surface area contributed by atoms with Crippen molar-refractivity contribution in [1.29, 1.82) is 0 Å². The molecule has 2 heterocycles. The van der Waals surface area contributed by atoms with E-state index in [9.17, 15) is 13.5 Å². The predicted molar refractivity (Wildman–Crippen MR) is 69.1 cm³/mol. The van der Waals surface area contributed by atoms with E-state index in [1.807, 2.05) is 0 Å². The van der Waals surface area contributed by atoms with Crippen LogP contribution in [0.4, 0.5) is 0 Å². The number of aryl methyl sites for hydroxylation is 2. The van der Waals surface area contributed by atoms with Crippen LogP contribution in [0.1, 0.15) is 17.7 Å². The van der Waals surface area contributed by atoms with Crippen molar-refractivity contribution in [3.8, 4) is 0 Å². The van der Waals surface area contributed by atoms with Crippen LogP contribution in [0.3, 0.4) is 0 Å². The van der Waals surface area contributed by atoms with Gasteiger partial charge in [0.25, 0.3) is 10.0 Å². The molecule has 20 heavy (non-hydrogen) atoms. The predicted octanol–water partition coefficient (Wildman–Crippen LogP) is -0.829. The van der Waals surface area contributed by atoms with Gasteiger partial charge in [0, 0.05) is 30.5 Å². The van der Waals surface area contributed by atoms with Gasteiger partial charge in [0.1, 0.15) is 0 Å². The number of aliphatic hydroxyl groups is 1. The lowest BCUT2D eigenvalue weighted by atomic mass is 10.3. The highest BCUT2D eigenvalue weighted by Crippen LogP contribution is 2.15. The van der Waals surface area contributed by atoms with Gasteiger partial charge in [-0.3, -0.25) is 9.78 Å². The molecule has 0 amide bonds. The van der Waals surface area contributed by atoms with E-state index in [2.05, 4.69) is 25.2 Å². The molecule has 0 spiro atoms. The van der Waals surface area contributed by atoms with Gasteiger partial charge >= 0.3 is 0 Å². The van der Waals surface area contributed by atoms with Gasteiger partial charge < -0.3 is 5.11 Å². The number of nitrogens with zero attached hydrogens (tertiary/aromatic N) is 4. The molecule has 0 radical (unpaired) electrons. The maximum absolute atomic E-state index is 12.0. The van der Waals surface area contributed by atoms with Gasteiger partial charge in [0.15, 0.2) is 5.03 Å². The summed E-state index contributed by atoms with van der Waals surface area (Å²) in [6, 6.07) is 0. The van der Waals surface area contributed by atoms with Crippen molar-refractivity contribution in [2.45, 2.75) is 31.5 Å². The lowest BCUT2D eigenvalue weighted by Gasteiger charge is -2.05. The summed E-state index contributed by atoms with van der Waals surface area (Å²) in [6.07, 6.45) is 3.83. The monoisotopic (exact) mass is 300 g/mol. The number of aromatic nitrogens is 5. The fourth-order valence-electron chi connectivity index (χ4n) is 1.71. The van der Waals surface area contributed by atoms with Crippen molar-refractivity contribution in [1.82, 2.24) is 29.9 Å². The summed E-state index contributed by atoms with van der Waals surface area (Å²) in [4.78, 5) is 0. The van der Waals surface area contributed by atoms with Crippen molar-refractivity contribution < 1.29 is 13.5 Å². The van der Waals surface area contributed by atoms with Crippen LogP contribution in [0.15, 0.2) is 17.4 Å². The molecule has 0 aliphatic rings. The third-order valence-corrected chi connectivity index (χ3v) is 4.21. The van der Waals surface area contributed by atoms with E-state index in [1.165, 1.54) is 0 Å². The van der Waals surface area contributed by atoms with Crippen molar-refractivity contribution in [3.05, 3.63) is 23.7 Å². The Balaban J connectivity index is 1.93. The van der Waals surface area contributed by atoms with Gasteiger partial charge in [-0.15, -0.1) is 5.10 Å². The van der Waals surface area contributed by atoms with Crippen LogP contribution in [0.2, 0.25) is 0 Å². The number of rotatable bonds is 7. The van der Waals surface area contributed by atoms with Crippen molar-refractivity contribution in [2.75, 3.05) is 6.54 Å². The summed E-state index contributed by atoms with van der Waals surface area (Å²) in [5.41, 5.74) is 0.823. The van der Waals surface area contributed by atoms with Crippen molar-refractivity contribution in [3.63, 3.8) is 0 Å². The summed E-state index contributed by atoms with van der Waals surface area (Å²) in [5.74, 6) is 0. The van der Waals surface area contributed by atoms with Crippen LogP contribution >= 0.6 is 0 Å². The standard InChI is InChI=1S/C10H16N6O3S/c1-8-9(7-17)10(14-13-8)20(18,19)12-3-2-5-16-6-4-11-15-16/h4,6,12,17H,2-3,5,7H2,1H3,(H,13,14).